The largest absolute Gasteiger partial charge is 0.444 e. The summed E-state index contributed by atoms with van der Waals surface area (Å²) in [6, 6.07) is 1.81. The van der Waals surface area contributed by atoms with E-state index in [1.807, 2.05) is 20.8 Å². The number of nitrogens with zero attached hydrogens (tertiary/aromatic N) is 3. The molecule has 1 aromatic heterocycles. The number of ether oxygens (including phenoxy) is 1. The van der Waals surface area contributed by atoms with Crippen LogP contribution in [0.1, 0.15) is 40.0 Å². The number of hydrogen-bond acceptors (Lipinski definition) is 5. The molecular formula is C15H23ClN4O2. The van der Waals surface area contributed by atoms with E-state index in [-0.39, 0.29) is 6.04 Å². The number of aromatic nitrogens is 2. The van der Waals surface area contributed by atoms with Crippen molar-refractivity contribution in [2.24, 2.45) is 0 Å². The van der Waals surface area contributed by atoms with Crippen LogP contribution < -0.4 is 10.2 Å². The SMILES string of the molecule is CC(C)(C)OC(=O)NC[C@@H]1CCCCN1c1nccc(Cl)n1. The van der Waals surface area contributed by atoms with Crippen LogP contribution in [0.4, 0.5) is 10.7 Å². The van der Waals surface area contributed by atoms with E-state index in [1.54, 1.807) is 12.3 Å². The van der Waals surface area contributed by atoms with E-state index in [4.69, 9.17) is 16.3 Å². The molecule has 1 aliphatic heterocycles. The number of halogens is 1. The second-order valence-electron chi connectivity index (χ2n) is 6.41. The van der Waals surface area contributed by atoms with Crippen LogP contribution in [0.15, 0.2) is 12.3 Å². The lowest BCUT2D eigenvalue weighted by molar-refractivity contribution is 0.0522. The van der Waals surface area contributed by atoms with Crippen LogP contribution in [0.2, 0.25) is 5.15 Å². The topological polar surface area (TPSA) is 67.3 Å². The third kappa shape index (κ3) is 5.02. The Morgan fingerprint density at radius 3 is 2.95 bits per heavy atom. The first-order valence-electron chi connectivity index (χ1n) is 7.57. The number of carbonyl (C=O) groups is 1. The summed E-state index contributed by atoms with van der Waals surface area (Å²) >= 11 is 5.94. The van der Waals surface area contributed by atoms with Crippen molar-refractivity contribution in [3.05, 3.63) is 17.4 Å². The van der Waals surface area contributed by atoms with Gasteiger partial charge in [-0.15, -0.1) is 0 Å². The van der Waals surface area contributed by atoms with Crippen molar-refractivity contribution in [3.8, 4) is 0 Å². The molecule has 1 aromatic rings. The molecule has 1 atom stereocenters. The average molecular weight is 327 g/mol. The Kier molecular flexibility index (Phi) is 5.45. The zero-order chi connectivity index (χ0) is 16.2. The fraction of sp³-hybridized carbons (Fsp3) is 0.667. The Balaban J connectivity index is 1.97. The molecule has 7 heteroatoms. The van der Waals surface area contributed by atoms with E-state index in [9.17, 15) is 4.79 Å². The highest BCUT2D eigenvalue weighted by Crippen LogP contribution is 2.22. The van der Waals surface area contributed by atoms with Gasteiger partial charge in [-0.3, -0.25) is 0 Å². The van der Waals surface area contributed by atoms with Gasteiger partial charge < -0.3 is 15.0 Å². The molecule has 0 unspecified atom stereocenters. The number of anilines is 1. The van der Waals surface area contributed by atoms with Crippen LogP contribution in [0, 0.1) is 0 Å². The summed E-state index contributed by atoms with van der Waals surface area (Å²) in [5.74, 6) is 0.614. The maximum Gasteiger partial charge on any atom is 0.407 e. The maximum atomic E-state index is 11.8. The standard InChI is InChI=1S/C15H23ClN4O2/c1-15(2,3)22-14(21)18-10-11-6-4-5-9-20(11)13-17-8-7-12(16)19-13/h7-8,11H,4-6,9-10H2,1-3H3,(H,18,21)/t11-/m0/s1. The van der Waals surface area contributed by atoms with Crippen LogP contribution in [0.5, 0.6) is 0 Å². The molecular weight excluding hydrogens is 304 g/mol. The van der Waals surface area contributed by atoms with Gasteiger partial charge in [0.1, 0.15) is 10.8 Å². The number of carbonyl (C=O) groups excluding carboxylic acids is 1. The Morgan fingerprint density at radius 2 is 2.27 bits per heavy atom. The molecule has 0 bridgehead atoms. The Bertz CT molecular complexity index is 519. The lowest BCUT2D eigenvalue weighted by Gasteiger charge is -2.36. The minimum Gasteiger partial charge on any atom is -0.444 e. The summed E-state index contributed by atoms with van der Waals surface area (Å²) in [5, 5.41) is 3.26. The first-order valence-corrected chi connectivity index (χ1v) is 7.95. The smallest absolute Gasteiger partial charge is 0.407 e. The maximum absolute atomic E-state index is 11.8. The fourth-order valence-electron chi connectivity index (χ4n) is 2.46. The molecule has 1 fully saturated rings. The second-order valence-corrected chi connectivity index (χ2v) is 6.79. The molecule has 122 valence electrons. The number of amides is 1. The van der Waals surface area contributed by atoms with Crippen LogP contribution in [0.3, 0.4) is 0 Å². The second kappa shape index (κ2) is 7.13. The van der Waals surface area contributed by atoms with Crippen molar-refractivity contribution in [2.45, 2.75) is 51.7 Å². The van der Waals surface area contributed by atoms with Gasteiger partial charge in [0.15, 0.2) is 0 Å². The molecule has 22 heavy (non-hydrogen) atoms. The zero-order valence-corrected chi connectivity index (χ0v) is 14.1. The van der Waals surface area contributed by atoms with E-state index in [2.05, 4.69) is 20.2 Å². The van der Waals surface area contributed by atoms with E-state index < -0.39 is 11.7 Å². The van der Waals surface area contributed by atoms with Gasteiger partial charge in [-0.05, 0) is 46.1 Å². The third-order valence-electron chi connectivity index (χ3n) is 3.37. The highest BCUT2D eigenvalue weighted by atomic mass is 35.5. The number of piperidine rings is 1. The first-order chi connectivity index (χ1) is 10.3. The summed E-state index contributed by atoms with van der Waals surface area (Å²) in [5.41, 5.74) is -0.494. The molecule has 6 nitrogen and oxygen atoms in total. The lowest BCUT2D eigenvalue weighted by Crippen LogP contribution is -2.48. The van der Waals surface area contributed by atoms with Crippen molar-refractivity contribution in [2.75, 3.05) is 18.0 Å². The minimum absolute atomic E-state index is 0.153. The number of hydrogen-bond donors (Lipinski definition) is 1. The van der Waals surface area contributed by atoms with Crippen LogP contribution >= 0.6 is 11.6 Å². The van der Waals surface area contributed by atoms with Crippen molar-refractivity contribution in [1.29, 1.82) is 0 Å². The number of alkyl carbamates (subject to hydrolysis) is 1. The van der Waals surface area contributed by atoms with Crippen molar-refractivity contribution in [1.82, 2.24) is 15.3 Å². The van der Waals surface area contributed by atoms with Gasteiger partial charge in [0.25, 0.3) is 0 Å². The molecule has 2 rings (SSSR count). The molecule has 2 heterocycles. The first kappa shape index (κ1) is 16.8. The summed E-state index contributed by atoms with van der Waals surface area (Å²) in [4.78, 5) is 22.5. The normalized spacial score (nSPS) is 18.9. The molecule has 1 N–H and O–H groups in total. The molecule has 1 saturated heterocycles. The fourth-order valence-corrected chi connectivity index (χ4v) is 2.59. The molecule has 0 aliphatic carbocycles. The lowest BCUT2D eigenvalue weighted by atomic mass is 10.0. The Morgan fingerprint density at radius 1 is 1.50 bits per heavy atom. The van der Waals surface area contributed by atoms with Crippen LogP contribution in [-0.4, -0.2) is 40.8 Å². The molecule has 0 aromatic carbocycles. The van der Waals surface area contributed by atoms with Crippen molar-refractivity contribution in [3.63, 3.8) is 0 Å². The summed E-state index contributed by atoms with van der Waals surface area (Å²) in [6.45, 7) is 6.91. The monoisotopic (exact) mass is 326 g/mol. The summed E-state index contributed by atoms with van der Waals surface area (Å²) in [7, 11) is 0. The number of rotatable bonds is 3. The van der Waals surface area contributed by atoms with Gasteiger partial charge in [0.2, 0.25) is 5.95 Å². The van der Waals surface area contributed by atoms with Gasteiger partial charge in [-0.1, -0.05) is 11.6 Å². The number of nitrogens with one attached hydrogen (secondary N) is 1. The van der Waals surface area contributed by atoms with Crippen molar-refractivity contribution < 1.29 is 9.53 Å². The highest BCUT2D eigenvalue weighted by molar-refractivity contribution is 6.29. The van der Waals surface area contributed by atoms with E-state index in [0.717, 1.165) is 25.8 Å². The highest BCUT2D eigenvalue weighted by Gasteiger charge is 2.26. The minimum atomic E-state index is -0.494. The van der Waals surface area contributed by atoms with E-state index in [1.165, 1.54) is 0 Å². The molecule has 0 spiro atoms. The zero-order valence-electron chi connectivity index (χ0n) is 13.3. The van der Waals surface area contributed by atoms with Gasteiger partial charge in [0, 0.05) is 25.3 Å². The van der Waals surface area contributed by atoms with Gasteiger partial charge >= 0.3 is 6.09 Å². The predicted molar refractivity (Wildman–Crippen MR) is 86.3 cm³/mol. The molecule has 1 amide bonds. The molecule has 0 saturated carbocycles. The Labute approximate surface area is 136 Å². The van der Waals surface area contributed by atoms with Crippen molar-refractivity contribution >= 4 is 23.6 Å². The van der Waals surface area contributed by atoms with Gasteiger partial charge in [-0.2, -0.15) is 0 Å². The molecule has 0 radical (unpaired) electrons. The predicted octanol–water partition coefficient (Wildman–Crippen LogP) is 3.01. The summed E-state index contributed by atoms with van der Waals surface area (Å²) < 4.78 is 5.27. The Hall–Kier alpha value is -1.56. The van der Waals surface area contributed by atoms with Crippen LogP contribution in [-0.2, 0) is 4.74 Å². The third-order valence-corrected chi connectivity index (χ3v) is 3.58. The van der Waals surface area contributed by atoms with Crippen LogP contribution in [0.25, 0.3) is 0 Å². The average Bonchev–Trinajstić information content (AvgIpc) is 2.44. The summed E-state index contributed by atoms with van der Waals surface area (Å²) in [6.07, 6.45) is 4.44. The van der Waals surface area contributed by atoms with Gasteiger partial charge in [0.05, 0.1) is 0 Å². The quantitative estimate of drug-likeness (QED) is 0.865. The van der Waals surface area contributed by atoms with E-state index in [0.29, 0.717) is 17.6 Å². The van der Waals surface area contributed by atoms with Gasteiger partial charge in [-0.25, -0.2) is 14.8 Å². The van der Waals surface area contributed by atoms with E-state index >= 15 is 0 Å². The molecule has 1 aliphatic rings.